The Morgan fingerprint density at radius 3 is 2.36 bits per heavy atom. The van der Waals surface area contributed by atoms with Gasteiger partial charge in [-0.05, 0) is 23.8 Å². The molecule has 2 N–H and O–H groups in total. The zero-order valence-electron chi connectivity index (χ0n) is 13.4. The van der Waals surface area contributed by atoms with Crippen molar-refractivity contribution >= 4 is 5.97 Å². The predicted octanol–water partition coefficient (Wildman–Crippen LogP) is 2.69. The molecule has 25 heavy (non-hydrogen) atoms. The van der Waals surface area contributed by atoms with E-state index in [9.17, 15) is 15.0 Å². The lowest BCUT2D eigenvalue weighted by atomic mass is 10.1. The summed E-state index contributed by atoms with van der Waals surface area (Å²) in [5.74, 6) is -0.442. The van der Waals surface area contributed by atoms with E-state index in [0.29, 0.717) is 11.4 Å². The number of hydrogen-bond acceptors (Lipinski definition) is 4. The van der Waals surface area contributed by atoms with Gasteiger partial charge in [-0.2, -0.15) is 5.10 Å². The zero-order valence-corrected chi connectivity index (χ0v) is 13.4. The number of aromatic nitrogens is 2. The van der Waals surface area contributed by atoms with Gasteiger partial charge in [0, 0.05) is 0 Å². The van der Waals surface area contributed by atoms with Crippen molar-refractivity contribution in [1.29, 1.82) is 0 Å². The van der Waals surface area contributed by atoms with Crippen LogP contribution in [-0.4, -0.2) is 38.7 Å². The van der Waals surface area contributed by atoms with Crippen LogP contribution in [0.5, 0.6) is 5.75 Å². The third-order valence-corrected chi connectivity index (χ3v) is 3.64. The second kappa shape index (κ2) is 7.63. The smallest absolute Gasteiger partial charge is 0.356 e. The molecule has 3 aromatic rings. The van der Waals surface area contributed by atoms with E-state index in [1.54, 1.807) is 12.1 Å². The molecule has 0 aliphatic carbocycles. The van der Waals surface area contributed by atoms with Crippen LogP contribution in [0.3, 0.4) is 0 Å². The Morgan fingerprint density at radius 1 is 1.08 bits per heavy atom. The second-order valence-electron chi connectivity index (χ2n) is 5.55. The molecule has 1 atom stereocenters. The van der Waals surface area contributed by atoms with Crippen molar-refractivity contribution < 1.29 is 19.7 Å². The van der Waals surface area contributed by atoms with Gasteiger partial charge < -0.3 is 14.9 Å². The molecule has 2 aromatic carbocycles. The van der Waals surface area contributed by atoms with E-state index in [2.05, 4.69) is 5.10 Å². The van der Waals surface area contributed by atoms with Crippen LogP contribution in [0.25, 0.3) is 11.3 Å². The summed E-state index contributed by atoms with van der Waals surface area (Å²) in [5.41, 5.74) is 1.41. The number of ether oxygens (including phenoxy) is 1. The average Bonchev–Trinajstić information content (AvgIpc) is 3.06. The first-order valence-corrected chi connectivity index (χ1v) is 7.86. The maximum atomic E-state index is 11.2. The second-order valence-corrected chi connectivity index (χ2v) is 5.55. The van der Waals surface area contributed by atoms with E-state index in [-0.39, 0.29) is 18.8 Å². The van der Waals surface area contributed by atoms with E-state index in [1.165, 1.54) is 10.7 Å². The number of aromatic carboxylic acids is 1. The van der Waals surface area contributed by atoms with Gasteiger partial charge in [-0.3, -0.25) is 4.68 Å². The van der Waals surface area contributed by atoms with Gasteiger partial charge in [-0.1, -0.05) is 48.5 Å². The van der Waals surface area contributed by atoms with Gasteiger partial charge in [0.15, 0.2) is 5.69 Å². The molecule has 0 amide bonds. The predicted molar refractivity (Wildman–Crippen MR) is 92.6 cm³/mol. The van der Waals surface area contributed by atoms with Crippen LogP contribution in [-0.2, 0) is 6.54 Å². The Bertz CT molecular complexity index is 831. The summed E-state index contributed by atoms with van der Waals surface area (Å²) in [6.07, 6.45) is -0.829. The number of carboxylic acid groups (broad SMARTS) is 1. The average molecular weight is 338 g/mol. The molecule has 0 saturated carbocycles. The molecular formula is C19H18N2O4. The number of carboxylic acids is 1. The van der Waals surface area contributed by atoms with Gasteiger partial charge in [0.05, 0.1) is 12.2 Å². The van der Waals surface area contributed by atoms with E-state index in [1.807, 2.05) is 48.5 Å². The maximum absolute atomic E-state index is 11.2. The molecule has 1 aromatic heterocycles. The number of nitrogens with zero attached hydrogens (tertiary/aromatic N) is 2. The maximum Gasteiger partial charge on any atom is 0.356 e. The summed E-state index contributed by atoms with van der Waals surface area (Å²) >= 11 is 0. The summed E-state index contributed by atoms with van der Waals surface area (Å²) in [6.45, 7) is 0.213. The molecule has 0 aliphatic rings. The monoisotopic (exact) mass is 338 g/mol. The summed E-state index contributed by atoms with van der Waals surface area (Å²) < 4.78 is 7.03. The van der Waals surface area contributed by atoms with Crippen molar-refractivity contribution in [2.45, 2.75) is 12.6 Å². The minimum atomic E-state index is -1.11. The number of para-hydroxylation sites is 1. The number of benzene rings is 2. The number of aliphatic hydroxyl groups excluding tert-OH is 1. The third kappa shape index (κ3) is 4.24. The summed E-state index contributed by atoms with van der Waals surface area (Å²) in [6, 6.07) is 20.0. The molecule has 128 valence electrons. The van der Waals surface area contributed by atoms with E-state index < -0.39 is 12.1 Å². The molecule has 0 saturated heterocycles. The largest absolute Gasteiger partial charge is 0.491 e. The molecule has 1 heterocycles. The minimum Gasteiger partial charge on any atom is -0.491 e. The van der Waals surface area contributed by atoms with E-state index in [4.69, 9.17) is 4.74 Å². The fraction of sp³-hybridized carbons (Fsp3) is 0.158. The van der Waals surface area contributed by atoms with Gasteiger partial charge in [-0.15, -0.1) is 0 Å². The zero-order chi connectivity index (χ0) is 17.6. The van der Waals surface area contributed by atoms with Crippen LogP contribution >= 0.6 is 0 Å². The first-order valence-electron chi connectivity index (χ1n) is 7.86. The lowest BCUT2D eigenvalue weighted by molar-refractivity contribution is 0.0684. The quantitative estimate of drug-likeness (QED) is 0.692. The highest BCUT2D eigenvalue weighted by Gasteiger charge is 2.17. The lowest BCUT2D eigenvalue weighted by Gasteiger charge is -2.14. The molecule has 1 unspecified atom stereocenters. The van der Waals surface area contributed by atoms with E-state index in [0.717, 1.165) is 5.56 Å². The van der Waals surface area contributed by atoms with Crippen LogP contribution in [0.1, 0.15) is 10.5 Å². The molecule has 0 radical (unpaired) electrons. The van der Waals surface area contributed by atoms with Crippen molar-refractivity contribution in [2.75, 3.05) is 6.61 Å². The van der Waals surface area contributed by atoms with Crippen molar-refractivity contribution in [3.8, 4) is 17.0 Å². The fourth-order valence-corrected chi connectivity index (χ4v) is 2.46. The normalized spacial score (nSPS) is 11.9. The third-order valence-electron chi connectivity index (χ3n) is 3.64. The SMILES string of the molecule is O=C(O)c1cc(-c2ccccc2)n(CC(O)COc2ccccc2)n1. The Hall–Kier alpha value is -3.12. The molecule has 0 aliphatic heterocycles. The summed E-state index contributed by atoms with van der Waals surface area (Å²) in [5, 5.41) is 23.5. The van der Waals surface area contributed by atoms with Gasteiger partial charge in [0.1, 0.15) is 18.5 Å². The van der Waals surface area contributed by atoms with E-state index >= 15 is 0 Å². The fourth-order valence-electron chi connectivity index (χ4n) is 2.46. The van der Waals surface area contributed by atoms with Crippen LogP contribution < -0.4 is 4.74 Å². The molecule has 6 nitrogen and oxygen atoms in total. The number of rotatable bonds is 7. The van der Waals surface area contributed by atoms with Crippen LogP contribution in [0.4, 0.5) is 0 Å². The van der Waals surface area contributed by atoms with Gasteiger partial charge >= 0.3 is 5.97 Å². The first-order chi connectivity index (χ1) is 12.1. The van der Waals surface area contributed by atoms with Crippen molar-refractivity contribution in [3.05, 3.63) is 72.4 Å². The Balaban J connectivity index is 1.75. The Kier molecular flexibility index (Phi) is 5.11. The Morgan fingerprint density at radius 2 is 1.72 bits per heavy atom. The van der Waals surface area contributed by atoms with Gasteiger partial charge in [0.2, 0.25) is 0 Å². The van der Waals surface area contributed by atoms with Gasteiger partial charge in [0.25, 0.3) is 0 Å². The molecule has 0 spiro atoms. The highest BCUT2D eigenvalue weighted by molar-refractivity contribution is 5.87. The molecule has 0 fully saturated rings. The molecule has 0 bridgehead atoms. The number of aliphatic hydroxyl groups is 1. The Labute approximate surface area is 144 Å². The standard InChI is InChI=1S/C19H18N2O4/c22-15(13-25-16-9-5-2-6-10-16)12-21-18(11-17(20-21)19(23)24)14-7-3-1-4-8-14/h1-11,15,22H,12-13H2,(H,23,24). The summed E-state index contributed by atoms with van der Waals surface area (Å²) in [7, 11) is 0. The molecular weight excluding hydrogens is 320 g/mol. The highest BCUT2D eigenvalue weighted by Crippen LogP contribution is 2.21. The molecule has 6 heteroatoms. The topological polar surface area (TPSA) is 84.6 Å². The van der Waals surface area contributed by atoms with Crippen molar-refractivity contribution in [3.63, 3.8) is 0 Å². The van der Waals surface area contributed by atoms with Crippen LogP contribution in [0.2, 0.25) is 0 Å². The highest BCUT2D eigenvalue weighted by atomic mass is 16.5. The summed E-state index contributed by atoms with van der Waals surface area (Å²) in [4.78, 5) is 11.2. The lowest BCUT2D eigenvalue weighted by Crippen LogP contribution is -2.24. The number of carbonyl (C=O) groups is 1. The van der Waals surface area contributed by atoms with Crippen molar-refractivity contribution in [2.24, 2.45) is 0 Å². The first kappa shape index (κ1) is 16.7. The van der Waals surface area contributed by atoms with Crippen molar-refractivity contribution in [1.82, 2.24) is 9.78 Å². The number of hydrogen-bond donors (Lipinski definition) is 2. The molecule has 3 rings (SSSR count). The van der Waals surface area contributed by atoms with Crippen LogP contribution in [0, 0.1) is 0 Å². The van der Waals surface area contributed by atoms with Crippen LogP contribution in [0.15, 0.2) is 66.7 Å². The minimum absolute atomic E-state index is 0.0602. The van der Waals surface area contributed by atoms with Gasteiger partial charge in [-0.25, -0.2) is 4.79 Å².